The minimum absolute atomic E-state index is 0.0191. The molecule has 0 atom stereocenters. The van der Waals surface area contributed by atoms with Gasteiger partial charge in [0.15, 0.2) is 5.17 Å². The van der Waals surface area contributed by atoms with Gasteiger partial charge in [0.1, 0.15) is 0 Å². The van der Waals surface area contributed by atoms with E-state index in [1.165, 1.54) is 12.1 Å². The molecule has 0 aromatic heterocycles. The number of aliphatic imine (C=N–C) groups is 1. The molecule has 0 saturated carbocycles. The van der Waals surface area contributed by atoms with Gasteiger partial charge < -0.3 is 5.32 Å². The van der Waals surface area contributed by atoms with E-state index in [1.54, 1.807) is 0 Å². The van der Waals surface area contributed by atoms with Gasteiger partial charge in [0.25, 0.3) is 0 Å². The molecule has 0 unspecified atom stereocenters. The van der Waals surface area contributed by atoms with Crippen LogP contribution in [0, 0.1) is 0 Å². The standard InChI is InChI=1S/C10H6ClF3N2OS/c11-5-1-2-7(6(3-5)10(12,13)14)15-9-16-8(17)4-18-9/h1-3H,4H2,(H,15,16,17). The number of hydrogen-bond donors (Lipinski definition) is 1. The van der Waals surface area contributed by atoms with Crippen molar-refractivity contribution in [1.82, 2.24) is 5.32 Å². The Morgan fingerprint density at radius 3 is 2.67 bits per heavy atom. The minimum Gasteiger partial charge on any atom is -0.304 e. The van der Waals surface area contributed by atoms with Crippen molar-refractivity contribution in [1.29, 1.82) is 0 Å². The molecule has 2 rings (SSSR count). The summed E-state index contributed by atoms with van der Waals surface area (Å²) in [4.78, 5) is 14.7. The highest BCUT2D eigenvalue weighted by Crippen LogP contribution is 2.38. The van der Waals surface area contributed by atoms with E-state index in [1.807, 2.05) is 0 Å². The van der Waals surface area contributed by atoms with Gasteiger partial charge in [0.2, 0.25) is 5.91 Å². The van der Waals surface area contributed by atoms with Crippen LogP contribution in [0.1, 0.15) is 5.56 Å². The summed E-state index contributed by atoms with van der Waals surface area (Å²) in [6.45, 7) is 0. The SMILES string of the molecule is O=C1CSC(=Nc2ccc(Cl)cc2C(F)(F)F)N1. The van der Waals surface area contributed by atoms with E-state index in [0.717, 1.165) is 17.8 Å². The Hall–Kier alpha value is -1.21. The third-order valence-corrected chi connectivity index (χ3v) is 3.18. The first-order valence-corrected chi connectivity index (χ1v) is 6.11. The Morgan fingerprint density at radius 2 is 2.11 bits per heavy atom. The highest BCUT2D eigenvalue weighted by molar-refractivity contribution is 8.15. The summed E-state index contributed by atoms with van der Waals surface area (Å²) >= 11 is 6.60. The van der Waals surface area contributed by atoms with Crippen LogP contribution in [0.2, 0.25) is 5.02 Å². The summed E-state index contributed by atoms with van der Waals surface area (Å²) in [6, 6.07) is 3.29. The number of amidine groups is 1. The van der Waals surface area contributed by atoms with E-state index in [2.05, 4.69) is 10.3 Å². The largest absolute Gasteiger partial charge is 0.418 e. The van der Waals surface area contributed by atoms with Crippen LogP contribution in [0.15, 0.2) is 23.2 Å². The van der Waals surface area contributed by atoms with Crippen LogP contribution >= 0.6 is 23.4 Å². The van der Waals surface area contributed by atoms with Crippen LogP contribution in [0.3, 0.4) is 0 Å². The molecule has 1 fully saturated rings. The lowest BCUT2D eigenvalue weighted by Gasteiger charge is -2.10. The van der Waals surface area contributed by atoms with Gasteiger partial charge in [-0.15, -0.1) is 0 Å². The highest BCUT2D eigenvalue weighted by atomic mass is 35.5. The summed E-state index contributed by atoms with van der Waals surface area (Å²) in [6.07, 6.45) is -4.54. The second-order valence-electron chi connectivity index (χ2n) is 3.41. The topological polar surface area (TPSA) is 41.5 Å². The quantitative estimate of drug-likeness (QED) is 0.864. The van der Waals surface area contributed by atoms with Gasteiger partial charge in [-0.3, -0.25) is 4.79 Å². The van der Waals surface area contributed by atoms with Crippen LogP contribution in [0.4, 0.5) is 18.9 Å². The zero-order valence-electron chi connectivity index (χ0n) is 8.71. The van der Waals surface area contributed by atoms with Crippen molar-refractivity contribution >= 4 is 40.1 Å². The summed E-state index contributed by atoms with van der Waals surface area (Å²) in [7, 11) is 0. The Morgan fingerprint density at radius 1 is 1.39 bits per heavy atom. The third-order valence-electron chi connectivity index (χ3n) is 2.07. The van der Waals surface area contributed by atoms with E-state index in [4.69, 9.17) is 11.6 Å². The molecule has 1 amide bonds. The number of nitrogens with zero attached hydrogens (tertiary/aromatic N) is 1. The second-order valence-corrected chi connectivity index (χ2v) is 4.81. The van der Waals surface area contributed by atoms with Gasteiger partial charge in [0, 0.05) is 5.02 Å². The number of benzene rings is 1. The number of rotatable bonds is 1. The molecule has 18 heavy (non-hydrogen) atoms. The molecule has 8 heteroatoms. The monoisotopic (exact) mass is 294 g/mol. The Bertz CT molecular complexity index is 530. The molecular formula is C10H6ClF3N2OS. The maximum absolute atomic E-state index is 12.8. The molecular weight excluding hydrogens is 289 g/mol. The first kappa shape index (κ1) is 13.2. The molecule has 1 aromatic carbocycles. The summed E-state index contributed by atoms with van der Waals surface area (Å²) in [5.74, 6) is -0.116. The van der Waals surface area contributed by atoms with Crippen LogP contribution in [0.25, 0.3) is 0 Å². The average molecular weight is 295 g/mol. The van der Waals surface area contributed by atoms with Gasteiger partial charge in [-0.25, -0.2) is 4.99 Å². The lowest BCUT2D eigenvalue weighted by atomic mass is 10.2. The van der Waals surface area contributed by atoms with Crippen molar-refractivity contribution in [2.75, 3.05) is 5.75 Å². The molecule has 96 valence electrons. The number of thioether (sulfide) groups is 1. The second kappa shape index (κ2) is 4.81. The van der Waals surface area contributed by atoms with Crippen molar-refractivity contribution < 1.29 is 18.0 Å². The van der Waals surface area contributed by atoms with Crippen LogP contribution in [-0.2, 0) is 11.0 Å². The smallest absolute Gasteiger partial charge is 0.304 e. The summed E-state index contributed by atoms with van der Waals surface area (Å²) in [5, 5.41) is 2.51. The first-order chi connectivity index (χ1) is 8.36. The number of halogens is 4. The van der Waals surface area contributed by atoms with Gasteiger partial charge in [-0.05, 0) is 18.2 Å². The zero-order chi connectivity index (χ0) is 13.3. The maximum atomic E-state index is 12.8. The minimum atomic E-state index is -4.54. The molecule has 1 N–H and O–H groups in total. The third kappa shape index (κ3) is 2.97. The molecule has 0 bridgehead atoms. The molecule has 0 radical (unpaired) electrons. The number of hydrogen-bond acceptors (Lipinski definition) is 3. The Kier molecular flexibility index (Phi) is 3.54. The maximum Gasteiger partial charge on any atom is 0.418 e. The molecule has 1 saturated heterocycles. The average Bonchev–Trinajstić information content (AvgIpc) is 2.65. The van der Waals surface area contributed by atoms with Gasteiger partial charge in [-0.1, -0.05) is 23.4 Å². The summed E-state index contributed by atoms with van der Waals surface area (Å²) in [5.41, 5.74) is -1.19. The predicted octanol–water partition coefficient (Wildman–Crippen LogP) is 3.21. The summed E-state index contributed by atoms with van der Waals surface area (Å²) < 4.78 is 38.3. The van der Waals surface area contributed by atoms with Crippen molar-refractivity contribution in [2.45, 2.75) is 6.18 Å². The van der Waals surface area contributed by atoms with Crippen molar-refractivity contribution in [3.05, 3.63) is 28.8 Å². The van der Waals surface area contributed by atoms with Crippen LogP contribution < -0.4 is 5.32 Å². The number of carbonyl (C=O) groups is 1. The van der Waals surface area contributed by atoms with E-state index >= 15 is 0 Å². The van der Waals surface area contributed by atoms with E-state index < -0.39 is 11.7 Å². The van der Waals surface area contributed by atoms with Crippen LogP contribution in [-0.4, -0.2) is 16.8 Å². The van der Waals surface area contributed by atoms with Gasteiger partial charge >= 0.3 is 6.18 Å². The predicted molar refractivity (Wildman–Crippen MR) is 64.1 cm³/mol. The molecule has 1 aromatic rings. The fourth-order valence-corrected chi connectivity index (χ4v) is 2.19. The van der Waals surface area contributed by atoms with Crippen molar-refractivity contribution in [2.24, 2.45) is 4.99 Å². The first-order valence-electron chi connectivity index (χ1n) is 4.74. The van der Waals surface area contributed by atoms with Crippen molar-refractivity contribution in [3.8, 4) is 0 Å². The van der Waals surface area contributed by atoms with Crippen LogP contribution in [0.5, 0.6) is 0 Å². The zero-order valence-corrected chi connectivity index (χ0v) is 10.3. The van der Waals surface area contributed by atoms with E-state index in [-0.39, 0.29) is 27.5 Å². The normalized spacial score (nSPS) is 18.2. The molecule has 1 aliphatic rings. The fraction of sp³-hybridized carbons (Fsp3) is 0.200. The lowest BCUT2D eigenvalue weighted by Crippen LogP contribution is -2.20. The molecule has 1 heterocycles. The van der Waals surface area contributed by atoms with Crippen molar-refractivity contribution in [3.63, 3.8) is 0 Å². The lowest BCUT2D eigenvalue weighted by molar-refractivity contribution is -0.137. The molecule has 0 aliphatic carbocycles. The Labute approximate surface area is 109 Å². The Balaban J connectivity index is 2.42. The number of amides is 1. The van der Waals surface area contributed by atoms with E-state index in [0.29, 0.717) is 0 Å². The molecule has 1 aliphatic heterocycles. The van der Waals surface area contributed by atoms with Gasteiger partial charge in [-0.2, -0.15) is 13.2 Å². The number of alkyl halides is 3. The number of carbonyl (C=O) groups excluding carboxylic acids is 1. The molecule has 0 spiro atoms. The molecule has 3 nitrogen and oxygen atoms in total. The highest BCUT2D eigenvalue weighted by Gasteiger charge is 2.34. The van der Waals surface area contributed by atoms with E-state index in [9.17, 15) is 18.0 Å². The van der Waals surface area contributed by atoms with Gasteiger partial charge in [0.05, 0.1) is 17.0 Å². The number of nitrogens with one attached hydrogen (secondary N) is 1. The fourth-order valence-electron chi connectivity index (χ4n) is 1.33.